The van der Waals surface area contributed by atoms with Crippen LogP contribution in [0.5, 0.6) is 0 Å². The van der Waals surface area contributed by atoms with E-state index in [1.807, 2.05) is 0 Å². The number of rotatable bonds is 5. The maximum Gasteiger partial charge on any atom is -0.00987 e. The summed E-state index contributed by atoms with van der Waals surface area (Å²) in [5.41, 5.74) is 12.3. The molecule has 0 aromatic heterocycles. The minimum absolute atomic E-state index is 1.22. The molecule has 0 saturated heterocycles. The Morgan fingerprint density at radius 3 is 0.833 bits per heavy atom. The molecule has 0 aliphatic heterocycles. The second kappa shape index (κ2) is 9.90. The summed E-state index contributed by atoms with van der Waals surface area (Å²) in [6.07, 6.45) is 0. The normalized spacial score (nSPS) is 10.8. The first kappa shape index (κ1) is 21.8. The van der Waals surface area contributed by atoms with E-state index in [4.69, 9.17) is 0 Å². The highest BCUT2D eigenvalue weighted by Crippen LogP contribution is 2.41. The summed E-state index contributed by atoms with van der Waals surface area (Å²) in [4.78, 5) is 0. The van der Waals surface area contributed by atoms with Gasteiger partial charge in [0.05, 0.1) is 0 Å². The molecule has 0 heterocycles. The quantitative estimate of drug-likeness (QED) is 0.241. The third-order valence-corrected chi connectivity index (χ3v) is 6.71. The number of benzene rings is 6. The van der Waals surface area contributed by atoms with Gasteiger partial charge in [0.15, 0.2) is 0 Å². The van der Waals surface area contributed by atoms with Crippen molar-refractivity contribution in [2.24, 2.45) is 0 Å². The van der Waals surface area contributed by atoms with Gasteiger partial charge in [0, 0.05) is 0 Å². The lowest BCUT2D eigenvalue weighted by Crippen LogP contribution is -1.92. The molecule has 0 amide bonds. The molecule has 170 valence electrons. The van der Waals surface area contributed by atoms with E-state index in [1.165, 1.54) is 55.6 Å². The highest BCUT2D eigenvalue weighted by molar-refractivity contribution is 5.95. The second-order valence-electron chi connectivity index (χ2n) is 8.98. The Hall–Kier alpha value is -4.68. The van der Waals surface area contributed by atoms with Crippen molar-refractivity contribution in [3.05, 3.63) is 158 Å². The summed E-state index contributed by atoms with van der Waals surface area (Å²) in [5.74, 6) is 0. The van der Waals surface area contributed by atoms with Crippen molar-refractivity contribution in [2.75, 3.05) is 0 Å². The molecule has 0 aliphatic carbocycles. The maximum absolute atomic E-state index is 2.33. The SMILES string of the molecule is c1ccc(-c2ccc(-c3ccc(-c4ccccc4)cc3-c3ccccc3)c(-c3ccccc3)c2)cc1. The average molecular weight is 459 g/mol. The molecule has 6 rings (SSSR count). The smallest absolute Gasteiger partial charge is 0.00987 e. The molecular weight excluding hydrogens is 432 g/mol. The van der Waals surface area contributed by atoms with Gasteiger partial charge in [-0.3, -0.25) is 0 Å². The zero-order valence-corrected chi connectivity index (χ0v) is 20.0. The van der Waals surface area contributed by atoms with Crippen LogP contribution >= 0.6 is 0 Å². The predicted molar refractivity (Wildman–Crippen MR) is 154 cm³/mol. The van der Waals surface area contributed by atoms with E-state index in [9.17, 15) is 0 Å². The van der Waals surface area contributed by atoms with Crippen LogP contribution in [-0.4, -0.2) is 0 Å². The molecule has 6 aromatic rings. The Balaban J connectivity index is 1.59. The van der Waals surface area contributed by atoms with Crippen molar-refractivity contribution in [2.45, 2.75) is 0 Å². The van der Waals surface area contributed by atoms with Crippen LogP contribution in [0, 0.1) is 0 Å². The van der Waals surface area contributed by atoms with Crippen LogP contribution < -0.4 is 0 Å². The summed E-state index contributed by atoms with van der Waals surface area (Å²) in [6, 6.07) is 56.4. The Bertz CT molecular complexity index is 1460. The molecule has 0 bridgehead atoms. The lowest BCUT2D eigenvalue weighted by atomic mass is 9.86. The molecular formula is C36H26. The van der Waals surface area contributed by atoms with Gasteiger partial charge in [-0.2, -0.15) is 0 Å². The summed E-state index contributed by atoms with van der Waals surface area (Å²) < 4.78 is 0. The van der Waals surface area contributed by atoms with Crippen molar-refractivity contribution in [1.82, 2.24) is 0 Å². The zero-order chi connectivity index (χ0) is 24.2. The first-order chi connectivity index (χ1) is 17.9. The molecule has 0 saturated carbocycles. The van der Waals surface area contributed by atoms with E-state index in [0.717, 1.165) is 0 Å². The van der Waals surface area contributed by atoms with E-state index in [-0.39, 0.29) is 0 Å². The van der Waals surface area contributed by atoms with Gasteiger partial charge in [-0.25, -0.2) is 0 Å². The van der Waals surface area contributed by atoms with E-state index in [1.54, 1.807) is 0 Å². The van der Waals surface area contributed by atoms with Gasteiger partial charge in [0.25, 0.3) is 0 Å². The van der Waals surface area contributed by atoms with Crippen molar-refractivity contribution < 1.29 is 0 Å². The monoisotopic (exact) mass is 458 g/mol. The van der Waals surface area contributed by atoms with Crippen molar-refractivity contribution in [3.8, 4) is 55.6 Å². The molecule has 0 fully saturated rings. The van der Waals surface area contributed by atoms with E-state index in [2.05, 4.69) is 158 Å². The summed E-state index contributed by atoms with van der Waals surface area (Å²) in [5, 5.41) is 0. The minimum atomic E-state index is 1.22. The molecule has 0 spiro atoms. The van der Waals surface area contributed by atoms with Crippen molar-refractivity contribution in [1.29, 1.82) is 0 Å². The van der Waals surface area contributed by atoms with Gasteiger partial charge >= 0.3 is 0 Å². The molecule has 0 aliphatic rings. The van der Waals surface area contributed by atoms with Gasteiger partial charge in [-0.05, 0) is 67.8 Å². The third kappa shape index (κ3) is 4.37. The highest BCUT2D eigenvalue weighted by atomic mass is 14.2. The van der Waals surface area contributed by atoms with Crippen molar-refractivity contribution >= 4 is 0 Å². The topological polar surface area (TPSA) is 0 Å². The highest BCUT2D eigenvalue weighted by Gasteiger charge is 2.15. The average Bonchev–Trinajstić information content (AvgIpc) is 2.98. The lowest BCUT2D eigenvalue weighted by Gasteiger charge is -2.18. The van der Waals surface area contributed by atoms with Crippen LogP contribution in [-0.2, 0) is 0 Å². The Morgan fingerprint density at radius 1 is 0.194 bits per heavy atom. The lowest BCUT2D eigenvalue weighted by molar-refractivity contribution is 1.54. The van der Waals surface area contributed by atoms with Crippen LogP contribution in [0.15, 0.2) is 158 Å². The van der Waals surface area contributed by atoms with Crippen LogP contribution in [0.2, 0.25) is 0 Å². The zero-order valence-electron chi connectivity index (χ0n) is 20.0. The predicted octanol–water partition coefficient (Wildman–Crippen LogP) is 10.0. The van der Waals surface area contributed by atoms with Crippen LogP contribution in [0.1, 0.15) is 0 Å². The van der Waals surface area contributed by atoms with Gasteiger partial charge in [0.2, 0.25) is 0 Å². The Kier molecular flexibility index (Phi) is 6.00. The standard InChI is InChI=1S/C36H26/c1-5-13-27(14-6-1)31-21-23-33(35(25-31)29-17-9-3-10-18-29)34-24-22-32(28-15-7-2-8-16-28)26-36(34)30-19-11-4-12-20-30/h1-26H. The molecule has 0 N–H and O–H groups in total. The summed E-state index contributed by atoms with van der Waals surface area (Å²) in [7, 11) is 0. The summed E-state index contributed by atoms with van der Waals surface area (Å²) in [6.45, 7) is 0. The van der Waals surface area contributed by atoms with E-state index >= 15 is 0 Å². The first-order valence-corrected chi connectivity index (χ1v) is 12.4. The minimum Gasteiger partial charge on any atom is -0.0622 e. The van der Waals surface area contributed by atoms with Gasteiger partial charge < -0.3 is 0 Å². The molecule has 0 radical (unpaired) electrons. The van der Waals surface area contributed by atoms with E-state index < -0.39 is 0 Å². The summed E-state index contributed by atoms with van der Waals surface area (Å²) >= 11 is 0. The third-order valence-electron chi connectivity index (χ3n) is 6.71. The second-order valence-corrected chi connectivity index (χ2v) is 8.98. The Labute approximate surface area is 213 Å². The molecule has 0 nitrogen and oxygen atoms in total. The van der Waals surface area contributed by atoms with Gasteiger partial charge in [0.1, 0.15) is 0 Å². The first-order valence-electron chi connectivity index (χ1n) is 12.4. The Morgan fingerprint density at radius 2 is 0.500 bits per heavy atom. The molecule has 0 atom stereocenters. The largest absolute Gasteiger partial charge is 0.0622 e. The van der Waals surface area contributed by atoms with Crippen LogP contribution in [0.25, 0.3) is 55.6 Å². The molecule has 0 heteroatoms. The van der Waals surface area contributed by atoms with Gasteiger partial charge in [-0.1, -0.05) is 146 Å². The fourth-order valence-corrected chi connectivity index (χ4v) is 4.89. The molecule has 6 aromatic carbocycles. The fourth-order valence-electron chi connectivity index (χ4n) is 4.89. The van der Waals surface area contributed by atoms with Crippen LogP contribution in [0.4, 0.5) is 0 Å². The number of hydrogen-bond acceptors (Lipinski definition) is 0. The molecule has 0 unspecified atom stereocenters. The van der Waals surface area contributed by atoms with Gasteiger partial charge in [-0.15, -0.1) is 0 Å². The maximum atomic E-state index is 2.33. The molecule has 36 heavy (non-hydrogen) atoms. The van der Waals surface area contributed by atoms with E-state index in [0.29, 0.717) is 0 Å². The van der Waals surface area contributed by atoms with Crippen molar-refractivity contribution in [3.63, 3.8) is 0 Å². The van der Waals surface area contributed by atoms with Crippen LogP contribution in [0.3, 0.4) is 0 Å². The number of hydrogen-bond donors (Lipinski definition) is 0. The fraction of sp³-hybridized carbons (Fsp3) is 0.